The first-order valence-electron chi connectivity index (χ1n) is 4.41. The maximum atomic E-state index is 13.9. The van der Waals surface area contributed by atoms with Crippen LogP contribution >= 0.6 is 15.9 Å². The Kier molecular flexibility index (Phi) is 3.30. The molecule has 0 aliphatic rings. The van der Waals surface area contributed by atoms with Crippen molar-refractivity contribution < 1.29 is 8.78 Å². The van der Waals surface area contributed by atoms with Crippen molar-refractivity contribution in [3.05, 3.63) is 35.9 Å². The summed E-state index contributed by atoms with van der Waals surface area (Å²) in [6.45, 7) is 3.10. The fourth-order valence-electron chi connectivity index (χ4n) is 1.12. The summed E-state index contributed by atoms with van der Waals surface area (Å²) in [6.07, 6.45) is 0. The van der Waals surface area contributed by atoms with E-state index in [1.165, 1.54) is 12.1 Å². The first-order valence-corrected chi connectivity index (χ1v) is 5.53. The minimum absolute atomic E-state index is 0.0736. The minimum Gasteiger partial charge on any atom is -0.201 e. The second-order valence-electron chi connectivity index (χ2n) is 3.96. The van der Waals surface area contributed by atoms with Gasteiger partial charge in [0.1, 0.15) is 0 Å². The van der Waals surface area contributed by atoms with Gasteiger partial charge in [0.05, 0.1) is 0 Å². The molecule has 3 heteroatoms. The van der Waals surface area contributed by atoms with E-state index in [0.717, 1.165) is 0 Å². The summed E-state index contributed by atoms with van der Waals surface area (Å²) in [6, 6.07) is 7.93. The topological polar surface area (TPSA) is 0 Å². The molecule has 0 unspecified atom stereocenters. The third-order valence-electron chi connectivity index (χ3n) is 2.32. The van der Waals surface area contributed by atoms with Gasteiger partial charge in [-0.3, -0.25) is 0 Å². The van der Waals surface area contributed by atoms with E-state index in [1.54, 1.807) is 32.0 Å². The first-order chi connectivity index (χ1) is 6.42. The summed E-state index contributed by atoms with van der Waals surface area (Å²) in [5.41, 5.74) is -1.00. The highest BCUT2D eigenvalue weighted by Gasteiger charge is 2.47. The molecule has 0 aliphatic carbocycles. The molecule has 14 heavy (non-hydrogen) atoms. The molecule has 1 rings (SSSR count). The molecule has 0 amide bonds. The lowest BCUT2D eigenvalue weighted by molar-refractivity contribution is -0.101. The molecular formula is C11H13BrF2. The van der Waals surface area contributed by atoms with Crippen LogP contribution in [-0.4, -0.2) is 5.33 Å². The van der Waals surface area contributed by atoms with Crippen LogP contribution in [0.15, 0.2) is 30.3 Å². The normalized spacial score (nSPS) is 12.9. The molecule has 0 saturated carbocycles. The highest BCUT2D eigenvalue weighted by Crippen LogP contribution is 2.45. The third-order valence-corrected chi connectivity index (χ3v) is 3.72. The van der Waals surface area contributed by atoms with Gasteiger partial charge in [0.25, 0.3) is 5.92 Å². The van der Waals surface area contributed by atoms with Crippen molar-refractivity contribution in [1.82, 2.24) is 0 Å². The number of benzene rings is 1. The fourth-order valence-corrected chi connectivity index (χ4v) is 1.47. The molecule has 0 fully saturated rings. The zero-order valence-corrected chi connectivity index (χ0v) is 9.81. The van der Waals surface area contributed by atoms with Crippen LogP contribution in [0.3, 0.4) is 0 Å². The van der Waals surface area contributed by atoms with Crippen molar-refractivity contribution in [3.63, 3.8) is 0 Å². The Morgan fingerprint density at radius 1 is 1.14 bits per heavy atom. The van der Waals surface area contributed by atoms with E-state index in [4.69, 9.17) is 0 Å². The van der Waals surface area contributed by atoms with Crippen molar-refractivity contribution in [2.24, 2.45) is 5.41 Å². The van der Waals surface area contributed by atoms with Crippen LogP contribution in [0.2, 0.25) is 0 Å². The standard InChI is InChI=1S/C11H13BrF2/c1-10(2,8-12)11(13,14)9-6-4-3-5-7-9/h3-7H,8H2,1-2H3. The van der Waals surface area contributed by atoms with E-state index in [0.29, 0.717) is 0 Å². The second kappa shape index (κ2) is 3.97. The van der Waals surface area contributed by atoms with Crippen LogP contribution in [-0.2, 0) is 5.92 Å². The van der Waals surface area contributed by atoms with Gasteiger partial charge in [-0.05, 0) is 0 Å². The van der Waals surface area contributed by atoms with Crippen LogP contribution < -0.4 is 0 Å². The lowest BCUT2D eigenvalue weighted by Gasteiger charge is -2.32. The van der Waals surface area contributed by atoms with Crippen LogP contribution in [0.1, 0.15) is 19.4 Å². The highest BCUT2D eigenvalue weighted by atomic mass is 79.9. The molecule has 1 aromatic carbocycles. The summed E-state index contributed by atoms with van der Waals surface area (Å²) >= 11 is 3.12. The van der Waals surface area contributed by atoms with Crippen LogP contribution in [0.5, 0.6) is 0 Å². The minimum atomic E-state index is -2.81. The Bertz CT molecular complexity index is 293. The lowest BCUT2D eigenvalue weighted by atomic mass is 9.83. The highest BCUT2D eigenvalue weighted by molar-refractivity contribution is 9.09. The maximum Gasteiger partial charge on any atom is 0.279 e. The molecule has 0 heterocycles. The molecular weight excluding hydrogens is 250 g/mol. The molecule has 1 aromatic rings. The van der Waals surface area contributed by atoms with Gasteiger partial charge < -0.3 is 0 Å². The summed E-state index contributed by atoms with van der Waals surface area (Å²) in [5.74, 6) is -2.81. The SMILES string of the molecule is CC(C)(CBr)C(F)(F)c1ccccc1. The zero-order valence-electron chi connectivity index (χ0n) is 8.23. The van der Waals surface area contributed by atoms with Crippen LogP contribution in [0.25, 0.3) is 0 Å². The van der Waals surface area contributed by atoms with E-state index in [-0.39, 0.29) is 10.9 Å². The van der Waals surface area contributed by atoms with Crippen molar-refractivity contribution in [3.8, 4) is 0 Å². The van der Waals surface area contributed by atoms with E-state index < -0.39 is 11.3 Å². The van der Waals surface area contributed by atoms with Gasteiger partial charge in [-0.2, -0.15) is 0 Å². The fraction of sp³-hybridized carbons (Fsp3) is 0.455. The number of alkyl halides is 3. The average molecular weight is 263 g/mol. The predicted octanol–water partition coefficient (Wildman–Crippen LogP) is 4.20. The van der Waals surface area contributed by atoms with Crippen LogP contribution in [0.4, 0.5) is 8.78 Å². The van der Waals surface area contributed by atoms with Gasteiger partial charge in [-0.25, -0.2) is 8.78 Å². The second-order valence-corrected chi connectivity index (χ2v) is 4.52. The lowest BCUT2D eigenvalue weighted by Crippen LogP contribution is -2.35. The number of hydrogen-bond acceptors (Lipinski definition) is 0. The molecule has 0 N–H and O–H groups in total. The molecule has 0 aliphatic heterocycles. The molecule has 0 nitrogen and oxygen atoms in total. The molecule has 0 spiro atoms. The molecule has 0 atom stereocenters. The van der Waals surface area contributed by atoms with E-state index >= 15 is 0 Å². The molecule has 0 saturated heterocycles. The van der Waals surface area contributed by atoms with E-state index in [9.17, 15) is 8.78 Å². The Labute approximate surface area is 91.5 Å². The smallest absolute Gasteiger partial charge is 0.201 e. The van der Waals surface area contributed by atoms with Crippen molar-refractivity contribution in [1.29, 1.82) is 0 Å². The van der Waals surface area contributed by atoms with Gasteiger partial charge in [0, 0.05) is 16.3 Å². The van der Waals surface area contributed by atoms with Gasteiger partial charge in [0.15, 0.2) is 0 Å². The van der Waals surface area contributed by atoms with Crippen LogP contribution in [0, 0.1) is 5.41 Å². The summed E-state index contributed by atoms with van der Waals surface area (Å²) in [4.78, 5) is 0. The van der Waals surface area contributed by atoms with Gasteiger partial charge in [-0.1, -0.05) is 60.1 Å². The van der Waals surface area contributed by atoms with Crippen molar-refractivity contribution >= 4 is 15.9 Å². The Morgan fingerprint density at radius 2 is 1.64 bits per heavy atom. The van der Waals surface area contributed by atoms with Crippen molar-refractivity contribution in [2.45, 2.75) is 19.8 Å². The first kappa shape index (κ1) is 11.6. The maximum absolute atomic E-state index is 13.9. The molecule has 0 radical (unpaired) electrons. The monoisotopic (exact) mass is 262 g/mol. The summed E-state index contributed by atoms with van der Waals surface area (Å²) < 4.78 is 27.8. The molecule has 0 bridgehead atoms. The van der Waals surface area contributed by atoms with Gasteiger partial charge in [0.2, 0.25) is 0 Å². The molecule has 0 aromatic heterocycles. The van der Waals surface area contributed by atoms with E-state index in [1.807, 2.05) is 0 Å². The summed E-state index contributed by atoms with van der Waals surface area (Å²) in [7, 11) is 0. The number of hydrogen-bond donors (Lipinski definition) is 0. The third kappa shape index (κ3) is 1.97. The van der Waals surface area contributed by atoms with Gasteiger partial charge in [-0.15, -0.1) is 0 Å². The predicted molar refractivity (Wildman–Crippen MR) is 57.9 cm³/mol. The average Bonchev–Trinajstić information content (AvgIpc) is 2.19. The van der Waals surface area contributed by atoms with Gasteiger partial charge >= 0.3 is 0 Å². The quantitative estimate of drug-likeness (QED) is 0.717. The van der Waals surface area contributed by atoms with E-state index in [2.05, 4.69) is 15.9 Å². The Hall–Kier alpha value is -0.440. The largest absolute Gasteiger partial charge is 0.279 e. The Morgan fingerprint density at radius 3 is 2.07 bits per heavy atom. The molecule has 78 valence electrons. The zero-order chi connectivity index (χ0) is 10.8. The number of halogens is 3. The number of rotatable bonds is 3. The van der Waals surface area contributed by atoms with Crippen molar-refractivity contribution in [2.75, 3.05) is 5.33 Å². The Balaban J connectivity index is 3.08. The summed E-state index contributed by atoms with van der Waals surface area (Å²) in [5, 5.41) is 0.266.